The van der Waals surface area contributed by atoms with Crippen LogP contribution in [0.3, 0.4) is 0 Å². The Kier molecular flexibility index (Phi) is 5.65. The molecule has 134 valence electrons. The summed E-state index contributed by atoms with van der Waals surface area (Å²) in [5.41, 5.74) is 7.32. The van der Waals surface area contributed by atoms with Crippen molar-refractivity contribution < 1.29 is 9.53 Å². The van der Waals surface area contributed by atoms with E-state index in [0.29, 0.717) is 21.6 Å². The molecule has 3 rings (SSSR count). The van der Waals surface area contributed by atoms with Gasteiger partial charge in [-0.15, -0.1) is 10.2 Å². The second-order valence-corrected chi connectivity index (χ2v) is 6.55. The third kappa shape index (κ3) is 4.09. The molecule has 1 amide bonds. The molecule has 2 aromatic carbocycles. The highest BCUT2D eigenvalue weighted by Gasteiger charge is 2.14. The predicted molar refractivity (Wildman–Crippen MR) is 103 cm³/mol. The number of carbonyl (C=O) groups excluding carboxylic acids is 1. The van der Waals surface area contributed by atoms with E-state index in [1.807, 2.05) is 30.3 Å². The lowest BCUT2D eigenvalue weighted by atomic mass is 10.3. The fourth-order valence-electron chi connectivity index (χ4n) is 2.27. The predicted octanol–water partition coefficient (Wildman–Crippen LogP) is 3.24. The summed E-state index contributed by atoms with van der Waals surface area (Å²) in [5.74, 6) is 0.762. The van der Waals surface area contributed by atoms with E-state index in [1.54, 1.807) is 22.8 Å². The number of nitrogens with zero attached hydrogens (tertiary/aromatic N) is 3. The van der Waals surface area contributed by atoms with Crippen LogP contribution in [0.4, 0.5) is 11.6 Å². The number of rotatable bonds is 6. The van der Waals surface area contributed by atoms with Crippen molar-refractivity contribution in [1.82, 2.24) is 14.8 Å². The van der Waals surface area contributed by atoms with Crippen LogP contribution in [-0.4, -0.2) is 33.5 Å². The molecule has 0 fully saturated rings. The number of ether oxygens (including phenoxy) is 1. The molecule has 9 heteroatoms. The molecule has 0 aliphatic rings. The van der Waals surface area contributed by atoms with Gasteiger partial charge in [0.15, 0.2) is 5.16 Å². The standard InChI is InChI=1S/C17H16ClN5O2S/c1-25-14-8-7-11(9-13(14)18)20-15(24)10-26-17-22-21-16(19)23(17)12-5-3-2-4-6-12/h2-9H,10H2,1H3,(H2,19,21)(H,20,24). The number of halogens is 1. The number of nitrogens with one attached hydrogen (secondary N) is 1. The zero-order chi connectivity index (χ0) is 18.5. The third-order valence-corrected chi connectivity index (χ3v) is 4.67. The Morgan fingerprint density at radius 1 is 1.27 bits per heavy atom. The molecule has 0 spiro atoms. The van der Waals surface area contributed by atoms with Gasteiger partial charge in [-0.3, -0.25) is 9.36 Å². The van der Waals surface area contributed by atoms with Gasteiger partial charge in [0.2, 0.25) is 11.9 Å². The number of thioether (sulfide) groups is 1. The van der Waals surface area contributed by atoms with Crippen LogP contribution in [0.2, 0.25) is 5.02 Å². The monoisotopic (exact) mass is 389 g/mol. The molecule has 0 saturated carbocycles. The first-order valence-corrected chi connectivity index (χ1v) is 8.97. The van der Waals surface area contributed by atoms with Crippen molar-refractivity contribution in [3.05, 3.63) is 53.6 Å². The van der Waals surface area contributed by atoms with Gasteiger partial charge in [0.25, 0.3) is 0 Å². The van der Waals surface area contributed by atoms with Crippen LogP contribution in [0, 0.1) is 0 Å². The van der Waals surface area contributed by atoms with Crippen molar-refractivity contribution in [1.29, 1.82) is 0 Å². The first-order valence-electron chi connectivity index (χ1n) is 7.61. The zero-order valence-electron chi connectivity index (χ0n) is 13.8. The number of hydrogen-bond acceptors (Lipinski definition) is 6. The molecule has 3 aromatic rings. The van der Waals surface area contributed by atoms with Gasteiger partial charge < -0.3 is 15.8 Å². The lowest BCUT2D eigenvalue weighted by molar-refractivity contribution is -0.113. The summed E-state index contributed by atoms with van der Waals surface area (Å²) >= 11 is 7.30. The van der Waals surface area contributed by atoms with Crippen molar-refractivity contribution in [3.8, 4) is 11.4 Å². The highest BCUT2D eigenvalue weighted by molar-refractivity contribution is 7.99. The van der Waals surface area contributed by atoms with E-state index >= 15 is 0 Å². The number of aromatic nitrogens is 3. The molecule has 1 heterocycles. The summed E-state index contributed by atoms with van der Waals surface area (Å²) in [6, 6.07) is 14.5. The average Bonchev–Trinajstić information content (AvgIpc) is 3.01. The average molecular weight is 390 g/mol. The second-order valence-electron chi connectivity index (χ2n) is 5.20. The molecule has 0 aliphatic carbocycles. The fourth-order valence-corrected chi connectivity index (χ4v) is 3.28. The SMILES string of the molecule is COc1ccc(NC(=O)CSc2nnc(N)n2-c2ccccc2)cc1Cl. The number of anilines is 2. The summed E-state index contributed by atoms with van der Waals surface area (Å²) in [6.45, 7) is 0. The normalized spacial score (nSPS) is 10.5. The van der Waals surface area contributed by atoms with E-state index in [-0.39, 0.29) is 17.6 Å². The topological polar surface area (TPSA) is 95.1 Å². The molecule has 1 aromatic heterocycles. The maximum atomic E-state index is 12.2. The van der Waals surface area contributed by atoms with Gasteiger partial charge >= 0.3 is 0 Å². The van der Waals surface area contributed by atoms with Crippen LogP contribution in [-0.2, 0) is 4.79 Å². The van der Waals surface area contributed by atoms with Crippen LogP contribution < -0.4 is 15.8 Å². The molecule has 0 aliphatic heterocycles. The zero-order valence-corrected chi connectivity index (χ0v) is 15.4. The Morgan fingerprint density at radius 3 is 2.73 bits per heavy atom. The van der Waals surface area contributed by atoms with Crippen LogP contribution in [0.25, 0.3) is 5.69 Å². The van der Waals surface area contributed by atoms with E-state index in [9.17, 15) is 4.79 Å². The number of amides is 1. The van der Waals surface area contributed by atoms with E-state index in [1.165, 1.54) is 18.9 Å². The minimum atomic E-state index is -0.197. The third-order valence-electron chi connectivity index (χ3n) is 3.44. The Hall–Kier alpha value is -2.71. The molecule has 0 bridgehead atoms. The molecule has 7 nitrogen and oxygen atoms in total. The van der Waals surface area contributed by atoms with Crippen molar-refractivity contribution in [2.24, 2.45) is 0 Å². The van der Waals surface area contributed by atoms with Gasteiger partial charge in [-0.25, -0.2) is 0 Å². The van der Waals surface area contributed by atoms with Gasteiger partial charge in [0.1, 0.15) is 5.75 Å². The van der Waals surface area contributed by atoms with Gasteiger partial charge in [0.05, 0.1) is 23.6 Å². The van der Waals surface area contributed by atoms with Crippen LogP contribution >= 0.6 is 23.4 Å². The van der Waals surface area contributed by atoms with Gasteiger partial charge in [-0.1, -0.05) is 41.6 Å². The minimum absolute atomic E-state index is 0.147. The van der Waals surface area contributed by atoms with Gasteiger partial charge in [-0.2, -0.15) is 0 Å². The minimum Gasteiger partial charge on any atom is -0.495 e. The molecular weight excluding hydrogens is 374 g/mol. The van der Waals surface area contributed by atoms with Crippen LogP contribution in [0.1, 0.15) is 0 Å². The second kappa shape index (κ2) is 8.11. The number of benzene rings is 2. The first kappa shape index (κ1) is 18.1. The Morgan fingerprint density at radius 2 is 2.04 bits per heavy atom. The molecule has 3 N–H and O–H groups in total. The lowest BCUT2D eigenvalue weighted by Gasteiger charge is -2.09. The van der Waals surface area contributed by atoms with Gasteiger partial charge in [0, 0.05) is 5.69 Å². The maximum Gasteiger partial charge on any atom is 0.234 e. The molecule has 0 unspecified atom stereocenters. The summed E-state index contributed by atoms with van der Waals surface area (Å²) in [7, 11) is 1.53. The molecule has 0 radical (unpaired) electrons. The summed E-state index contributed by atoms with van der Waals surface area (Å²) < 4.78 is 6.79. The van der Waals surface area contributed by atoms with E-state index < -0.39 is 0 Å². The highest BCUT2D eigenvalue weighted by Crippen LogP contribution is 2.28. The Bertz CT molecular complexity index is 917. The number of hydrogen-bond donors (Lipinski definition) is 2. The Balaban J connectivity index is 1.66. The molecular formula is C17H16ClN5O2S. The fraction of sp³-hybridized carbons (Fsp3) is 0.118. The van der Waals surface area contributed by atoms with E-state index in [2.05, 4.69) is 15.5 Å². The quantitative estimate of drug-likeness (QED) is 0.628. The van der Waals surface area contributed by atoms with Crippen molar-refractivity contribution in [2.75, 3.05) is 23.9 Å². The molecule has 0 saturated heterocycles. The largest absolute Gasteiger partial charge is 0.495 e. The van der Waals surface area contributed by atoms with Crippen LogP contribution in [0.15, 0.2) is 53.7 Å². The summed E-state index contributed by atoms with van der Waals surface area (Å²) in [6.07, 6.45) is 0. The smallest absolute Gasteiger partial charge is 0.234 e. The molecule has 0 atom stereocenters. The highest BCUT2D eigenvalue weighted by atomic mass is 35.5. The summed E-state index contributed by atoms with van der Waals surface area (Å²) in [5, 5.41) is 11.7. The summed E-state index contributed by atoms with van der Waals surface area (Å²) in [4.78, 5) is 12.2. The number of para-hydroxylation sites is 1. The number of methoxy groups -OCH3 is 1. The molecule has 26 heavy (non-hydrogen) atoms. The van der Waals surface area contributed by atoms with Crippen molar-refractivity contribution in [3.63, 3.8) is 0 Å². The number of nitrogens with two attached hydrogens (primary N) is 1. The van der Waals surface area contributed by atoms with E-state index in [4.69, 9.17) is 22.1 Å². The maximum absolute atomic E-state index is 12.2. The van der Waals surface area contributed by atoms with E-state index in [0.717, 1.165) is 5.69 Å². The van der Waals surface area contributed by atoms with Crippen molar-refractivity contribution in [2.45, 2.75) is 5.16 Å². The lowest BCUT2D eigenvalue weighted by Crippen LogP contribution is -2.14. The number of nitrogen functional groups attached to an aromatic ring is 1. The first-order chi connectivity index (χ1) is 12.6. The van der Waals surface area contributed by atoms with Gasteiger partial charge in [-0.05, 0) is 30.3 Å². The Labute approximate surface area is 159 Å². The van der Waals surface area contributed by atoms with Crippen molar-refractivity contribution >= 4 is 40.9 Å². The number of carbonyl (C=O) groups is 1. The van der Waals surface area contributed by atoms with Crippen LogP contribution in [0.5, 0.6) is 5.75 Å².